The molecule has 1 aromatic carbocycles. The molecule has 2 N–H and O–H groups in total. The number of carbonyl (C=O) groups excluding carboxylic acids is 2. The number of rotatable bonds is 5. The molecular formula is C18H26N4O4. The number of piperazine rings is 1. The number of hydrogen-bond donors (Lipinski definition) is 2. The molecule has 0 unspecified atom stereocenters. The number of methoxy groups -OCH3 is 1. The van der Waals surface area contributed by atoms with Gasteiger partial charge in [-0.05, 0) is 24.3 Å². The lowest BCUT2D eigenvalue weighted by Crippen LogP contribution is -2.54. The Hall–Kier alpha value is -2.32. The maximum atomic E-state index is 12.5. The minimum atomic E-state index is -0.187. The molecule has 8 nitrogen and oxygen atoms in total. The van der Waals surface area contributed by atoms with Crippen LogP contribution in [0.2, 0.25) is 0 Å². The van der Waals surface area contributed by atoms with Crippen LogP contribution in [0.25, 0.3) is 0 Å². The number of ether oxygens (including phenoxy) is 1. The van der Waals surface area contributed by atoms with Gasteiger partial charge in [-0.1, -0.05) is 0 Å². The molecule has 0 saturated carbocycles. The molecule has 0 bridgehead atoms. The number of anilines is 1. The lowest BCUT2D eigenvalue weighted by atomic mass is 10.2. The predicted octanol–water partition coefficient (Wildman–Crippen LogP) is 0.120. The van der Waals surface area contributed by atoms with Gasteiger partial charge in [-0.2, -0.15) is 0 Å². The van der Waals surface area contributed by atoms with Crippen molar-refractivity contribution in [2.24, 2.45) is 0 Å². The molecule has 142 valence electrons. The van der Waals surface area contributed by atoms with Crippen LogP contribution < -0.4 is 15.0 Å². The summed E-state index contributed by atoms with van der Waals surface area (Å²) in [7, 11) is 1.60. The standard InChI is InChI=1S/C18H26N4O4/c1-26-16-4-2-15(3-5-16)22-13-14(12-17(22)24)19-18(25)21-8-6-20(7-9-21)10-11-23/h2-5,14,23H,6-13H2,1H3,(H,19,25)/t14-/m0/s1. The summed E-state index contributed by atoms with van der Waals surface area (Å²) >= 11 is 0. The molecule has 0 spiro atoms. The number of carbonyl (C=O) groups is 2. The van der Waals surface area contributed by atoms with Gasteiger partial charge in [0, 0.05) is 51.4 Å². The molecule has 2 heterocycles. The lowest BCUT2D eigenvalue weighted by Gasteiger charge is -2.34. The van der Waals surface area contributed by atoms with Gasteiger partial charge in [0.2, 0.25) is 5.91 Å². The zero-order chi connectivity index (χ0) is 18.5. The van der Waals surface area contributed by atoms with Crippen LogP contribution in [0.1, 0.15) is 6.42 Å². The van der Waals surface area contributed by atoms with Crippen LogP contribution in [0, 0.1) is 0 Å². The van der Waals surface area contributed by atoms with E-state index in [0.717, 1.165) is 24.5 Å². The molecule has 1 atom stereocenters. The molecule has 0 aliphatic carbocycles. The SMILES string of the molecule is COc1ccc(N2C[C@@H](NC(=O)N3CCN(CCO)CC3)CC2=O)cc1. The van der Waals surface area contributed by atoms with Gasteiger partial charge in [0.05, 0.1) is 19.8 Å². The van der Waals surface area contributed by atoms with Crippen molar-refractivity contribution >= 4 is 17.6 Å². The van der Waals surface area contributed by atoms with Crippen LogP contribution >= 0.6 is 0 Å². The third-order valence-electron chi connectivity index (χ3n) is 4.91. The van der Waals surface area contributed by atoms with Gasteiger partial charge in [0.25, 0.3) is 0 Å². The van der Waals surface area contributed by atoms with E-state index in [1.165, 1.54) is 0 Å². The zero-order valence-electron chi connectivity index (χ0n) is 15.1. The molecule has 0 radical (unpaired) electrons. The third-order valence-corrected chi connectivity index (χ3v) is 4.91. The van der Waals surface area contributed by atoms with Gasteiger partial charge in [-0.15, -0.1) is 0 Å². The number of β-amino-alcohol motifs (C(OH)–C–C–N with tert-alkyl or cyclic N) is 1. The molecule has 8 heteroatoms. The zero-order valence-corrected chi connectivity index (χ0v) is 15.1. The fourth-order valence-electron chi connectivity index (χ4n) is 3.40. The molecule has 2 fully saturated rings. The second-order valence-electron chi connectivity index (χ2n) is 6.61. The Labute approximate surface area is 153 Å². The highest BCUT2D eigenvalue weighted by Gasteiger charge is 2.33. The largest absolute Gasteiger partial charge is 0.497 e. The highest BCUT2D eigenvalue weighted by atomic mass is 16.5. The monoisotopic (exact) mass is 362 g/mol. The van der Waals surface area contributed by atoms with Gasteiger partial charge in [-0.25, -0.2) is 4.79 Å². The Morgan fingerprint density at radius 1 is 1.23 bits per heavy atom. The van der Waals surface area contributed by atoms with Crippen molar-refractivity contribution in [3.8, 4) is 5.75 Å². The van der Waals surface area contributed by atoms with Crippen molar-refractivity contribution in [3.05, 3.63) is 24.3 Å². The van der Waals surface area contributed by atoms with Gasteiger partial charge >= 0.3 is 6.03 Å². The van der Waals surface area contributed by atoms with Crippen molar-refractivity contribution < 1.29 is 19.4 Å². The number of hydrogen-bond acceptors (Lipinski definition) is 5. The molecule has 3 amide bonds. The van der Waals surface area contributed by atoms with Crippen molar-refractivity contribution in [2.45, 2.75) is 12.5 Å². The van der Waals surface area contributed by atoms with E-state index in [4.69, 9.17) is 9.84 Å². The van der Waals surface area contributed by atoms with Gasteiger partial charge < -0.3 is 25.0 Å². The smallest absolute Gasteiger partial charge is 0.317 e. The van der Waals surface area contributed by atoms with Gasteiger partial charge in [0.15, 0.2) is 0 Å². The summed E-state index contributed by atoms with van der Waals surface area (Å²) in [6.07, 6.45) is 0.308. The van der Waals surface area contributed by atoms with E-state index in [-0.39, 0.29) is 24.6 Å². The Bertz CT molecular complexity index is 629. The predicted molar refractivity (Wildman–Crippen MR) is 97.4 cm³/mol. The fourth-order valence-corrected chi connectivity index (χ4v) is 3.40. The summed E-state index contributed by atoms with van der Waals surface area (Å²) in [6, 6.07) is 7.03. The minimum Gasteiger partial charge on any atom is -0.497 e. The lowest BCUT2D eigenvalue weighted by molar-refractivity contribution is -0.117. The van der Waals surface area contributed by atoms with E-state index in [2.05, 4.69) is 10.2 Å². The first-order valence-electron chi connectivity index (χ1n) is 8.94. The minimum absolute atomic E-state index is 0.00762. The second-order valence-corrected chi connectivity index (χ2v) is 6.61. The first-order valence-corrected chi connectivity index (χ1v) is 8.94. The molecule has 0 aromatic heterocycles. The summed E-state index contributed by atoms with van der Waals surface area (Å²) in [6.45, 7) is 4.04. The number of urea groups is 1. The average molecular weight is 362 g/mol. The van der Waals surface area contributed by atoms with Crippen molar-refractivity contribution in [1.82, 2.24) is 15.1 Å². The molecule has 2 aliphatic rings. The maximum Gasteiger partial charge on any atom is 0.317 e. The van der Waals surface area contributed by atoms with Crippen LogP contribution in [-0.2, 0) is 4.79 Å². The summed E-state index contributed by atoms with van der Waals surface area (Å²) in [5, 5.41) is 12.0. The first-order chi connectivity index (χ1) is 12.6. The summed E-state index contributed by atoms with van der Waals surface area (Å²) in [5.41, 5.74) is 0.810. The highest BCUT2D eigenvalue weighted by Crippen LogP contribution is 2.24. The second kappa shape index (κ2) is 8.37. The fraction of sp³-hybridized carbons (Fsp3) is 0.556. The number of aliphatic hydroxyl groups excluding tert-OH is 1. The third kappa shape index (κ3) is 4.25. The summed E-state index contributed by atoms with van der Waals surface area (Å²) in [4.78, 5) is 30.4. The van der Waals surface area contributed by atoms with Crippen LogP contribution in [-0.4, -0.2) is 85.9 Å². The van der Waals surface area contributed by atoms with E-state index in [1.54, 1.807) is 16.9 Å². The van der Waals surface area contributed by atoms with E-state index >= 15 is 0 Å². The average Bonchev–Trinajstić information content (AvgIpc) is 3.02. The Balaban J connectivity index is 1.51. The number of nitrogens with one attached hydrogen (secondary N) is 1. The number of nitrogens with zero attached hydrogens (tertiary/aromatic N) is 3. The van der Waals surface area contributed by atoms with Crippen molar-refractivity contribution in [2.75, 3.05) is 57.9 Å². The maximum absolute atomic E-state index is 12.5. The van der Waals surface area contributed by atoms with E-state index < -0.39 is 0 Å². The van der Waals surface area contributed by atoms with Crippen LogP contribution in [0.4, 0.5) is 10.5 Å². The number of amides is 3. The van der Waals surface area contributed by atoms with Crippen molar-refractivity contribution in [3.63, 3.8) is 0 Å². The van der Waals surface area contributed by atoms with E-state index in [0.29, 0.717) is 32.6 Å². The highest BCUT2D eigenvalue weighted by molar-refractivity contribution is 5.96. The Kier molecular flexibility index (Phi) is 5.95. The Morgan fingerprint density at radius 3 is 2.54 bits per heavy atom. The summed E-state index contributed by atoms with van der Waals surface area (Å²) in [5.74, 6) is 0.749. The van der Waals surface area contributed by atoms with Crippen LogP contribution in [0.15, 0.2) is 24.3 Å². The molecule has 1 aromatic rings. The van der Waals surface area contributed by atoms with E-state index in [9.17, 15) is 9.59 Å². The Morgan fingerprint density at radius 2 is 1.92 bits per heavy atom. The molecular weight excluding hydrogens is 336 g/mol. The number of benzene rings is 1. The molecule has 2 saturated heterocycles. The first kappa shape index (κ1) is 18.5. The molecule has 26 heavy (non-hydrogen) atoms. The van der Waals surface area contributed by atoms with E-state index in [1.807, 2.05) is 24.3 Å². The summed E-state index contributed by atoms with van der Waals surface area (Å²) < 4.78 is 5.14. The van der Waals surface area contributed by atoms with Crippen LogP contribution in [0.3, 0.4) is 0 Å². The van der Waals surface area contributed by atoms with Crippen LogP contribution in [0.5, 0.6) is 5.75 Å². The van der Waals surface area contributed by atoms with Gasteiger partial charge in [0.1, 0.15) is 5.75 Å². The number of aliphatic hydroxyl groups is 1. The quantitative estimate of drug-likeness (QED) is 0.777. The van der Waals surface area contributed by atoms with Crippen molar-refractivity contribution in [1.29, 1.82) is 0 Å². The normalized spacial score (nSPS) is 21.2. The topological polar surface area (TPSA) is 85.3 Å². The molecule has 2 aliphatic heterocycles. The molecule has 3 rings (SSSR count). The van der Waals surface area contributed by atoms with Gasteiger partial charge in [-0.3, -0.25) is 9.69 Å².